The molecule has 3 aromatic rings. The highest BCUT2D eigenvalue weighted by Crippen LogP contribution is 2.34. The van der Waals surface area contributed by atoms with E-state index in [1.807, 2.05) is 28.8 Å². The average molecular weight is 426 g/mol. The van der Waals surface area contributed by atoms with E-state index in [9.17, 15) is 13.6 Å². The standard InChI is InChI=1S/C23H24F2N4O2/c1-2-28-10-4-7-17(14-28)29-21-13-19(25)18(24)12-20(21)26-23(29)16-6-3-5-15(11-16)8-9-22(30)27-31/h3,5-6,8-9,11-13,17,31H,2,4,7,10,14H2,1H3,(H,27,30)/t17-/m1/s1. The largest absolute Gasteiger partial charge is 0.319 e. The Hall–Kier alpha value is -3.10. The van der Waals surface area contributed by atoms with Crippen LogP contribution in [0.4, 0.5) is 8.78 Å². The molecule has 4 rings (SSSR count). The molecule has 31 heavy (non-hydrogen) atoms. The molecule has 1 aliphatic heterocycles. The maximum Gasteiger partial charge on any atom is 0.267 e. The van der Waals surface area contributed by atoms with Crippen molar-refractivity contribution < 1.29 is 18.8 Å². The van der Waals surface area contributed by atoms with Crippen LogP contribution in [0.2, 0.25) is 0 Å². The van der Waals surface area contributed by atoms with Crippen LogP contribution in [0.3, 0.4) is 0 Å². The lowest BCUT2D eigenvalue weighted by Gasteiger charge is -2.33. The van der Waals surface area contributed by atoms with E-state index in [-0.39, 0.29) is 6.04 Å². The highest BCUT2D eigenvalue weighted by Gasteiger charge is 2.26. The zero-order chi connectivity index (χ0) is 22.0. The summed E-state index contributed by atoms with van der Waals surface area (Å²) in [6.45, 7) is 4.87. The molecule has 0 spiro atoms. The third-order valence-corrected chi connectivity index (χ3v) is 5.71. The molecule has 0 bridgehead atoms. The number of likely N-dealkylation sites (tertiary alicyclic amines) is 1. The maximum absolute atomic E-state index is 14.1. The van der Waals surface area contributed by atoms with Crippen molar-refractivity contribution >= 4 is 23.0 Å². The molecule has 0 radical (unpaired) electrons. The first kappa shape index (κ1) is 21.1. The molecule has 1 atom stereocenters. The van der Waals surface area contributed by atoms with Gasteiger partial charge in [0.2, 0.25) is 0 Å². The fourth-order valence-corrected chi connectivity index (χ4v) is 4.18. The SMILES string of the molecule is CCN1CCC[C@@H](n2c(-c3cccc(C=CC(=O)NO)c3)nc3cc(F)c(F)cc32)C1. The number of halogens is 2. The van der Waals surface area contributed by atoms with Crippen molar-refractivity contribution in [1.29, 1.82) is 0 Å². The number of amides is 1. The number of rotatable bonds is 5. The van der Waals surface area contributed by atoms with Gasteiger partial charge in [-0.2, -0.15) is 0 Å². The van der Waals surface area contributed by atoms with Gasteiger partial charge in [-0.1, -0.05) is 25.1 Å². The summed E-state index contributed by atoms with van der Waals surface area (Å²) >= 11 is 0. The van der Waals surface area contributed by atoms with E-state index in [4.69, 9.17) is 5.21 Å². The van der Waals surface area contributed by atoms with Crippen LogP contribution in [0.15, 0.2) is 42.5 Å². The lowest BCUT2D eigenvalue weighted by molar-refractivity contribution is -0.124. The summed E-state index contributed by atoms with van der Waals surface area (Å²) in [7, 11) is 0. The van der Waals surface area contributed by atoms with Gasteiger partial charge in [-0.15, -0.1) is 0 Å². The molecule has 8 heteroatoms. The van der Waals surface area contributed by atoms with E-state index in [0.29, 0.717) is 16.9 Å². The number of hydrogen-bond acceptors (Lipinski definition) is 4. The van der Waals surface area contributed by atoms with Gasteiger partial charge in [0.15, 0.2) is 11.6 Å². The first-order chi connectivity index (χ1) is 15.0. The number of fused-ring (bicyclic) bond motifs is 1. The second kappa shape index (κ2) is 8.95. The van der Waals surface area contributed by atoms with Gasteiger partial charge >= 0.3 is 0 Å². The topological polar surface area (TPSA) is 70.4 Å². The van der Waals surface area contributed by atoms with Crippen LogP contribution >= 0.6 is 0 Å². The van der Waals surface area contributed by atoms with Crippen LogP contribution < -0.4 is 5.48 Å². The van der Waals surface area contributed by atoms with Crippen molar-refractivity contribution in [2.24, 2.45) is 0 Å². The van der Waals surface area contributed by atoms with Crippen LogP contribution in [-0.2, 0) is 4.79 Å². The predicted molar refractivity (Wildman–Crippen MR) is 114 cm³/mol. The summed E-state index contributed by atoms with van der Waals surface area (Å²) in [6.07, 6.45) is 4.72. The van der Waals surface area contributed by atoms with Gasteiger partial charge in [0.25, 0.3) is 5.91 Å². The molecule has 1 amide bonds. The Morgan fingerprint density at radius 2 is 2.10 bits per heavy atom. The third-order valence-electron chi connectivity index (χ3n) is 5.71. The Bertz CT molecular complexity index is 1140. The molecular formula is C23H24F2N4O2. The molecular weight excluding hydrogens is 402 g/mol. The van der Waals surface area contributed by atoms with Crippen molar-refractivity contribution in [2.75, 3.05) is 19.6 Å². The molecule has 0 aliphatic carbocycles. The normalized spacial score (nSPS) is 17.5. The van der Waals surface area contributed by atoms with Crippen molar-refractivity contribution in [2.45, 2.75) is 25.8 Å². The van der Waals surface area contributed by atoms with Crippen LogP contribution in [0, 0.1) is 11.6 Å². The number of carbonyl (C=O) groups is 1. The number of hydroxylamine groups is 1. The molecule has 1 aliphatic rings. The molecule has 0 unspecified atom stereocenters. The fraction of sp³-hybridized carbons (Fsp3) is 0.304. The number of benzene rings is 2. The number of hydrogen-bond donors (Lipinski definition) is 2. The van der Waals surface area contributed by atoms with E-state index in [1.165, 1.54) is 12.1 Å². The minimum Gasteiger partial charge on any atom is -0.319 e. The summed E-state index contributed by atoms with van der Waals surface area (Å²) in [5, 5.41) is 8.66. The summed E-state index contributed by atoms with van der Waals surface area (Å²) in [6, 6.07) is 9.83. The number of piperidine rings is 1. The van der Waals surface area contributed by atoms with Gasteiger partial charge in [0.05, 0.1) is 11.0 Å². The summed E-state index contributed by atoms with van der Waals surface area (Å²) in [4.78, 5) is 18.3. The lowest BCUT2D eigenvalue weighted by atomic mass is 10.0. The van der Waals surface area contributed by atoms with Gasteiger partial charge in [-0.05, 0) is 43.6 Å². The quantitative estimate of drug-likeness (QED) is 0.365. The molecule has 2 heterocycles. The van der Waals surface area contributed by atoms with Crippen LogP contribution in [0.1, 0.15) is 31.4 Å². The number of aromatic nitrogens is 2. The minimum absolute atomic E-state index is 0.0814. The van der Waals surface area contributed by atoms with Gasteiger partial charge < -0.3 is 9.47 Å². The number of likely N-dealkylation sites (N-methyl/N-ethyl adjacent to an activating group) is 1. The van der Waals surface area contributed by atoms with E-state index < -0.39 is 17.5 Å². The molecule has 1 fully saturated rings. The average Bonchev–Trinajstić information content (AvgIpc) is 3.16. The summed E-state index contributed by atoms with van der Waals surface area (Å²) in [5.74, 6) is -1.82. The van der Waals surface area contributed by atoms with Crippen LogP contribution in [0.25, 0.3) is 28.5 Å². The van der Waals surface area contributed by atoms with Crippen molar-refractivity contribution in [1.82, 2.24) is 19.9 Å². The molecule has 0 saturated carbocycles. The Kier molecular flexibility index (Phi) is 6.11. The Labute approximate surface area is 178 Å². The van der Waals surface area contributed by atoms with E-state index in [2.05, 4.69) is 16.8 Å². The van der Waals surface area contributed by atoms with E-state index in [1.54, 1.807) is 11.6 Å². The van der Waals surface area contributed by atoms with Gasteiger partial charge in [0.1, 0.15) is 5.82 Å². The number of nitrogens with zero attached hydrogens (tertiary/aromatic N) is 3. The second-order valence-electron chi connectivity index (χ2n) is 7.68. The Morgan fingerprint density at radius 1 is 1.29 bits per heavy atom. The molecule has 162 valence electrons. The minimum atomic E-state index is -0.922. The second-order valence-corrected chi connectivity index (χ2v) is 7.68. The maximum atomic E-state index is 14.1. The number of nitrogens with one attached hydrogen (secondary N) is 1. The molecule has 2 aromatic carbocycles. The zero-order valence-corrected chi connectivity index (χ0v) is 17.2. The van der Waals surface area contributed by atoms with Gasteiger partial charge in [-0.25, -0.2) is 19.2 Å². The molecule has 6 nitrogen and oxygen atoms in total. The Balaban J connectivity index is 1.84. The molecule has 1 aromatic heterocycles. The van der Waals surface area contributed by atoms with Crippen molar-refractivity contribution in [3.05, 3.63) is 59.7 Å². The van der Waals surface area contributed by atoms with Crippen LogP contribution in [-0.4, -0.2) is 45.2 Å². The van der Waals surface area contributed by atoms with Gasteiger partial charge in [-0.3, -0.25) is 10.0 Å². The molecule has 1 saturated heterocycles. The first-order valence-electron chi connectivity index (χ1n) is 10.3. The summed E-state index contributed by atoms with van der Waals surface area (Å²) < 4.78 is 30.1. The van der Waals surface area contributed by atoms with E-state index >= 15 is 0 Å². The van der Waals surface area contributed by atoms with E-state index in [0.717, 1.165) is 49.7 Å². The third kappa shape index (κ3) is 4.35. The fourth-order valence-electron chi connectivity index (χ4n) is 4.18. The van der Waals surface area contributed by atoms with Crippen molar-refractivity contribution in [3.8, 4) is 11.4 Å². The number of carbonyl (C=O) groups excluding carboxylic acids is 1. The lowest BCUT2D eigenvalue weighted by Crippen LogP contribution is -2.36. The van der Waals surface area contributed by atoms with Gasteiger partial charge in [0, 0.05) is 36.4 Å². The predicted octanol–water partition coefficient (Wildman–Crippen LogP) is 4.16. The smallest absolute Gasteiger partial charge is 0.267 e. The highest BCUT2D eigenvalue weighted by atomic mass is 19.2. The highest BCUT2D eigenvalue weighted by molar-refractivity contribution is 5.91. The van der Waals surface area contributed by atoms with Crippen molar-refractivity contribution in [3.63, 3.8) is 0 Å². The summed E-state index contributed by atoms with van der Waals surface area (Å²) in [5.41, 5.74) is 4.03. The van der Waals surface area contributed by atoms with Crippen LogP contribution in [0.5, 0.6) is 0 Å². The number of imidazole rings is 1. The Morgan fingerprint density at radius 3 is 2.87 bits per heavy atom. The molecule has 2 N–H and O–H groups in total. The first-order valence-corrected chi connectivity index (χ1v) is 10.3. The zero-order valence-electron chi connectivity index (χ0n) is 17.2. The monoisotopic (exact) mass is 426 g/mol.